The van der Waals surface area contributed by atoms with Crippen molar-refractivity contribution < 1.29 is 4.79 Å². The van der Waals surface area contributed by atoms with E-state index >= 15 is 0 Å². The Morgan fingerprint density at radius 1 is 1.26 bits per heavy atom. The summed E-state index contributed by atoms with van der Waals surface area (Å²) in [6.07, 6.45) is 0. The minimum absolute atomic E-state index is 0. The fraction of sp³-hybridized carbons (Fsp3) is 0.250. The predicted molar refractivity (Wildman–Crippen MR) is 106 cm³/mol. The van der Waals surface area contributed by atoms with E-state index in [9.17, 15) is 4.79 Å². The van der Waals surface area contributed by atoms with Gasteiger partial charge in [0.15, 0.2) is 5.96 Å². The Morgan fingerprint density at radius 2 is 2.09 bits per heavy atom. The number of rotatable bonds is 6. The third-order valence-corrected chi connectivity index (χ3v) is 3.86. The molecule has 0 atom stereocenters. The zero-order valence-electron chi connectivity index (χ0n) is 12.9. The Morgan fingerprint density at radius 3 is 2.74 bits per heavy atom. The standard InChI is InChI=1S/C16H20N4OS.HI/c1-2-18-16(20-11-14-7-4-8-22-14)19-10-12-5-3-6-13(9-12)15(17)21;/h3-9H,2,10-11H2,1H3,(H2,17,21)(H2,18,19,20);1H. The highest BCUT2D eigenvalue weighted by Crippen LogP contribution is 2.08. The molecule has 1 aromatic carbocycles. The number of amides is 1. The van der Waals surface area contributed by atoms with E-state index in [-0.39, 0.29) is 24.0 Å². The molecule has 0 bridgehead atoms. The number of carbonyl (C=O) groups excluding carboxylic acids is 1. The molecule has 1 aromatic heterocycles. The molecular formula is C16H21IN4OS. The van der Waals surface area contributed by atoms with Gasteiger partial charge < -0.3 is 16.4 Å². The summed E-state index contributed by atoms with van der Waals surface area (Å²) in [4.78, 5) is 17.0. The van der Waals surface area contributed by atoms with Crippen LogP contribution in [0.25, 0.3) is 0 Å². The minimum Gasteiger partial charge on any atom is -0.366 e. The molecule has 0 aliphatic carbocycles. The number of guanidine groups is 1. The van der Waals surface area contributed by atoms with Crippen LogP contribution in [0.15, 0.2) is 46.8 Å². The molecule has 23 heavy (non-hydrogen) atoms. The predicted octanol–water partition coefficient (Wildman–Crippen LogP) is 2.72. The molecule has 5 nitrogen and oxygen atoms in total. The van der Waals surface area contributed by atoms with Gasteiger partial charge in [-0.25, -0.2) is 4.99 Å². The second-order valence-corrected chi connectivity index (χ2v) is 5.72. The maximum Gasteiger partial charge on any atom is 0.248 e. The molecule has 124 valence electrons. The van der Waals surface area contributed by atoms with Crippen LogP contribution < -0.4 is 16.4 Å². The Labute approximate surface area is 157 Å². The Balaban J connectivity index is 0.00000264. The molecule has 2 aromatic rings. The summed E-state index contributed by atoms with van der Waals surface area (Å²) in [5, 5.41) is 8.54. The lowest BCUT2D eigenvalue weighted by Gasteiger charge is -2.10. The monoisotopic (exact) mass is 444 g/mol. The van der Waals surface area contributed by atoms with E-state index in [1.807, 2.05) is 25.1 Å². The Kier molecular flexibility index (Phi) is 8.64. The normalized spacial score (nSPS) is 10.7. The van der Waals surface area contributed by atoms with Crippen LogP contribution in [-0.4, -0.2) is 18.4 Å². The number of thiophene rings is 1. The van der Waals surface area contributed by atoms with Crippen molar-refractivity contribution in [1.29, 1.82) is 0 Å². The van der Waals surface area contributed by atoms with Gasteiger partial charge in [-0.1, -0.05) is 18.2 Å². The highest BCUT2D eigenvalue weighted by molar-refractivity contribution is 14.0. The van der Waals surface area contributed by atoms with Crippen LogP contribution in [-0.2, 0) is 13.1 Å². The number of hydrogen-bond acceptors (Lipinski definition) is 3. The molecule has 2 rings (SSSR count). The van der Waals surface area contributed by atoms with Gasteiger partial charge in [0, 0.05) is 17.0 Å². The smallest absolute Gasteiger partial charge is 0.248 e. The maximum absolute atomic E-state index is 11.2. The summed E-state index contributed by atoms with van der Waals surface area (Å²) in [6, 6.07) is 11.3. The van der Waals surface area contributed by atoms with Crippen LogP contribution >= 0.6 is 35.3 Å². The van der Waals surface area contributed by atoms with Crippen LogP contribution in [0.3, 0.4) is 0 Å². The van der Waals surface area contributed by atoms with Crippen molar-refractivity contribution in [1.82, 2.24) is 10.6 Å². The quantitative estimate of drug-likeness (QED) is 0.364. The number of nitrogens with one attached hydrogen (secondary N) is 2. The zero-order chi connectivity index (χ0) is 15.8. The van der Waals surface area contributed by atoms with Gasteiger partial charge in [-0.2, -0.15) is 0 Å². The fourth-order valence-corrected chi connectivity index (χ4v) is 2.56. The Bertz CT molecular complexity index is 643. The van der Waals surface area contributed by atoms with Gasteiger partial charge in [-0.05, 0) is 36.1 Å². The van der Waals surface area contributed by atoms with Crippen molar-refractivity contribution in [2.45, 2.75) is 20.0 Å². The first-order valence-electron chi connectivity index (χ1n) is 7.12. The summed E-state index contributed by atoms with van der Waals surface area (Å²) in [5.41, 5.74) is 6.74. The van der Waals surface area contributed by atoms with E-state index < -0.39 is 5.91 Å². The third kappa shape index (κ3) is 6.57. The maximum atomic E-state index is 11.2. The SMILES string of the molecule is CCNC(=NCc1cccc(C(N)=O)c1)NCc1cccs1.I. The van der Waals surface area contributed by atoms with Crippen LogP contribution in [0.2, 0.25) is 0 Å². The van der Waals surface area contributed by atoms with Gasteiger partial charge in [-0.15, -0.1) is 35.3 Å². The van der Waals surface area contributed by atoms with Gasteiger partial charge in [0.05, 0.1) is 13.1 Å². The van der Waals surface area contributed by atoms with E-state index in [0.29, 0.717) is 12.1 Å². The van der Waals surface area contributed by atoms with Crippen LogP contribution in [0.5, 0.6) is 0 Å². The van der Waals surface area contributed by atoms with Crippen molar-refractivity contribution in [2.75, 3.05) is 6.54 Å². The summed E-state index contributed by atoms with van der Waals surface area (Å²) < 4.78 is 0. The number of aliphatic imine (C=N–C) groups is 1. The number of nitrogens with two attached hydrogens (primary N) is 1. The van der Waals surface area contributed by atoms with Crippen LogP contribution in [0, 0.1) is 0 Å². The lowest BCUT2D eigenvalue weighted by atomic mass is 10.1. The van der Waals surface area contributed by atoms with Crippen molar-refractivity contribution in [3.63, 3.8) is 0 Å². The molecule has 0 unspecified atom stereocenters. The van der Waals surface area contributed by atoms with Crippen molar-refractivity contribution in [3.8, 4) is 0 Å². The van der Waals surface area contributed by atoms with Crippen LogP contribution in [0.1, 0.15) is 27.7 Å². The number of hydrogen-bond donors (Lipinski definition) is 3. The lowest BCUT2D eigenvalue weighted by molar-refractivity contribution is 0.1000. The highest BCUT2D eigenvalue weighted by atomic mass is 127. The molecule has 7 heteroatoms. The molecule has 1 amide bonds. The minimum atomic E-state index is -0.423. The first-order chi connectivity index (χ1) is 10.7. The van der Waals surface area contributed by atoms with E-state index in [1.54, 1.807) is 23.5 Å². The number of carbonyl (C=O) groups is 1. The lowest BCUT2D eigenvalue weighted by Crippen LogP contribution is -2.36. The fourth-order valence-electron chi connectivity index (χ4n) is 1.92. The van der Waals surface area contributed by atoms with Crippen molar-refractivity contribution in [3.05, 3.63) is 57.8 Å². The average Bonchev–Trinajstić information content (AvgIpc) is 3.03. The highest BCUT2D eigenvalue weighted by Gasteiger charge is 2.02. The van der Waals surface area contributed by atoms with Gasteiger partial charge >= 0.3 is 0 Å². The molecule has 4 N–H and O–H groups in total. The largest absolute Gasteiger partial charge is 0.366 e. The summed E-state index contributed by atoms with van der Waals surface area (Å²) >= 11 is 1.71. The van der Waals surface area contributed by atoms with E-state index in [1.165, 1.54) is 4.88 Å². The van der Waals surface area contributed by atoms with Crippen molar-refractivity contribution in [2.24, 2.45) is 10.7 Å². The van der Waals surface area contributed by atoms with E-state index in [2.05, 4.69) is 27.1 Å². The van der Waals surface area contributed by atoms with Crippen molar-refractivity contribution >= 4 is 47.2 Å². The molecule has 0 saturated carbocycles. The average molecular weight is 444 g/mol. The van der Waals surface area contributed by atoms with Gasteiger partial charge in [0.2, 0.25) is 5.91 Å². The summed E-state index contributed by atoms with van der Waals surface area (Å²) in [7, 11) is 0. The number of nitrogens with zero attached hydrogens (tertiary/aromatic N) is 1. The number of primary amides is 1. The molecule has 0 aliphatic rings. The molecular weight excluding hydrogens is 423 g/mol. The number of benzene rings is 1. The molecule has 0 saturated heterocycles. The second kappa shape index (κ2) is 10.2. The topological polar surface area (TPSA) is 79.5 Å². The Hall–Kier alpha value is -1.61. The summed E-state index contributed by atoms with van der Waals surface area (Å²) in [6.45, 7) is 4.04. The second-order valence-electron chi connectivity index (χ2n) is 4.69. The summed E-state index contributed by atoms with van der Waals surface area (Å²) in [5.74, 6) is 0.328. The first-order valence-corrected chi connectivity index (χ1v) is 8.00. The zero-order valence-corrected chi connectivity index (χ0v) is 16.1. The molecule has 0 aliphatic heterocycles. The van der Waals surface area contributed by atoms with E-state index in [4.69, 9.17) is 5.73 Å². The molecule has 1 heterocycles. The van der Waals surface area contributed by atoms with Gasteiger partial charge in [0.1, 0.15) is 0 Å². The van der Waals surface area contributed by atoms with Crippen LogP contribution in [0.4, 0.5) is 0 Å². The molecule has 0 fully saturated rings. The van der Waals surface area contributed by atoms with Gasteiger partial charge in [-0.3, -0.25) is 4.79 Å². The molecule has 0 spiro atoms. The first kappa shape index (κ1) is 19.4. The number of halogens is 1. The molecule has 0 radical (unpaired) electrons. The third-order valence-electron chi connectivity index (χ3n) is 2.99. The van der Waals surface area contributed by atoms with Gasteiger partial charge in [0.25, 0.3) is 0 Å². The van der Waals surface area contributed by atoms with E-state index in [0.717, 1.165) is 24.6 Å².